The molecule has 0 bridgehead atoms. The molecule has 1 fully saturated rings. The van der Waals surface area contributed by atoms with Crippen molar-refractivity contribution in [2.75, 3.05) is 33.7 Å². The van der Waals surface area contributed by atoms with E-state index in [0.29, 0.717) is 18.7 Å². The van der Waals surface area contributed by atoms with E-state index in [0.717, 1.165) is 23.2 Å². The number of nitrogens with zero attached hydrogens (tertiary/aromatic N) is 2. The summed E-state index contributed by atoms with van der Waals surface area (Å²) in [6, 6.07) is 27.7. The Labute approximate surface area is 189 Å². The molecular formula is C27H29N3O2. The molecule has 3 aromatic carbocycles. The van der Waals surface area contributed by atoms with Gasteiger partial charge in [0.25, 0.3) is 5.91 Å². The van der Waals surface area contributed by atoms with E-state index in [1.165, 1.54) is 0 Å². The number of piperazine rings is 1. The van der Waals surface area contributed by atoms with Crippen molar-refractivity contribution >= 4 is 11.8 Å². The zero-order valence-corrected chi connectivity index (χ0v) is 18.6. The lowest BCUT2D eigenvalue weighted by Gasteiger charge is -2.41. The summed E-state index contributed by atoms with van der Waals surface area (Å²) in [5.41, 5.74) is 3.68. The van der Waals surface area contributed by atoms with Gasteiger partial charge in [0.1, 0.15) is 0 Å². The summed E-state index contributed by atoms with van der Waals surface area (Å²) in [7, 11) is 3.71. The molecule has 0 saturated carbocycles. The summed E-state index contributed by atoms with van der Waals surface area (Å²) < 4.78 is 0. The normalized spacial score (nSPS) is 16.7. The molecule has 2 amide bonds. The van der Waals surface area contributed by atoms with Gasteiger partial charge in [-0.1, -0.05) is 72.8 Å². The molecule has 1 atom stereocenters. The van der Waals surface area contributed by atoms with Crippen LogP contribution in [0.1, 0.15) is 39.0 Å². The average molecular weight is 428 g/mol. The molecule has 32 heavy (non-hydrogen) atoms. The minimum Gasteiger partial charge on any atom is -0.355 e. The van der Waals surface area contributed by atoms with Crippen LogP contribution in [0.5, 0.6) is 0 Å². The quantitative estimate of drug-likeness (QED) is 0.676. The van der Waals surface area contributed by atoms with Gasteiger partial charge in [0.05, 0.1) is 12.0 Å². The summed E-state index contributed by atoms with van der Waals surface area (Å²) in [5, 5.41) is 2.68. The second-order valence-electron chi connectivity index (χ2n) is 8.24. The van der Waals surface area contributed by atoms with Crippen LogP contribution >= 0.6 is 0 Å². The Morgan fingerprint density at radius 1 is 0.875 bits per heavy atom. The van der Waals surface area contributed by atoms with Crippen LogP contribution in [0.15, 0.2) is 84.9 Å². The lowest BCUT2D eigenvalue weighted by atomic mass is 9.89. The molecular weight excluding hydrogens is 398 g/mol. The third-order valence-electron chi connectivity index (χ3n) is 6.23. The van der Waals surface area contributed by atoms with Crippen LogP contribution in [-0.2, 0) is 4.79 Å². The third-order valence-corrected chi connectivity index (χ3v) is 6.23. The predicted octanol–water partition coefficient (Wildman–Crippen LogP) is 3.69. The van der Waals surface area contributed by atoms with E-state index in [9.17, 15) is 9.59 Å². The summed E-state index contributed by atoms with van der Waals surface area (Å²) in [5.74, 6) is -0.326. The number of benzene rings is 3. The molecule has 164 valence electrons. The summed E-state index contributed by atoms with van der Waals surface area (Å²) in [4.78, 5) is 30.2. The first-order valence-electron chi connectivity index (χ1n) is 11.0. The van der Waals surface area contributed by atoms with E-state index in [2.05, 4.69) is 17.3 Å². The van der Waals surface area contributed by atoms with Gasteiger partial charge in [0.2, 0.25) is 5.91 Å². The van der Waals surface area contributed by atoms with Gasteiger partial charge < -0.3 is 10.2 Å². The van der Waals surface area contributed by atoms with Gasteiger partial charge in [-0.25, -0.2) is 0 Å². The molecule has 1 saturated heterocycles. The fourth-order valence-electron chi connectivity index (χ4n) is 4.42. The van der Waals surface area contributed by atoms with Crippen LogP contribution < -0.4 is 5.32 Å². The Morgan fingerprint density at radius 3 is 2.09 bits per heavy atom. The molecule has 5 heteroatoms. The maximum atomic E-state index is 13.8. The van der Waals surface area contributed by atoms with Crippen LogP contribution in [0, 0.1) is 0 Å². The molecule has 0 radical (unpaired) electrons. The minimum atomic E-state index is -0.335. The lowest BCUT2D eigenvalue weighted by Crippen LogP contribution is -2.50. The monoisotopic (exact) mass is 427 g/mol. The maximum absolute atomic E-state index is 13.8. The molecule has 1 aliphatic heterocycles. The van der Waals surface area contributed by atoms with E-state index >= 15 is 0 Å². The highest BCUT2D eigenvalue weighted by molar-refractivity contribution is 5.94. The summed E-state index contributed by atoms with van der Waals surface area (Å²) in [6.07, 6.45) is 0. The fraction of sp³-hybridized carbons (Fsp3) is 0.259. The number of likely N-dealkylation sites (N-methyl/N-ethyl adjacent to an activating group) is 1. The van der Waals surface area contributed by atoms with E-state index in [-0.39, 0.29) is 23.8 Å². The average Bonchev–Trinajstić information content (AvgIpc) is 2.85. The molecule has 0 aromatic heterocycles. The van der Waals surface area contributed by atoms with Gasteiger partial charge in [-0.3, -0.25) is 14.5 Å². The van der Waals surface area contributed by atoms with E-state index in [1.807, 2.05) is 89.8 Å². The van der Waals surface area contributed by atoms with Crippen molar-refractivity contribution in [1.82, 2.24) is 15.1 Å². The number of amides is 2. The Balaban J connectivity index is 1.63. The van der Waals surface area contributed by atoms with Crippen LogP contribution in [0.3, 0.4) is 0 Å². The molecule has 0 unspecified atom stereocenters. The topological polar surface area (TPSA) is 52.7 Å². The molecule has 0 spiro atoms. The second kappa shape index (κ2) is 9.79. The summed E-state index contributed by atoms with van der Waals surface area (Å²) >= 11 is 0. The smallest absolute Gasteiger partial charge is 0.251 e. The van der Waals surface area contributed by atoms with Crippen molar-refractivity contribution in [1.29, 1.82) is 0 Å². The number of carbonyl (C=O) groups excluding carboxylic acids is 2. The van der Waals surface area contributed by atoms with Gasteiger partial charge in [0, 0.05) is 32.2 Å². The number of rotatable bonds is 5. The first kappa shape index (κ1) is 21.8. The second-order valence-corrected chi connectivity index (χ2v) is 8.24. The van der Waals surface area contributed by atoms with Gasteiger partial charge >= 0.3 is 0 Å². The first-order chi connectivity index (χ1) is 15.6. The molecule has 0 aliphatic carbocycles. The Kier molecular flexibility index (Phi) is 6.66. The number of hydrogen-bond acceptors (Lipinski definition) is 3. The zero-order valence-electron chi connectivity index (χ0n) is 18.6. The SMILES string of the molecule is CNC(=O)c1cccc([C@@H]2CN(C(=O)C(c3ccccc3)c3ccccc3)CCN2C)c1. The largest absolute Gasteiger partial charge is 0.355 e. The Morgan fingerprint density at radius 2 is 1.50 bits per heavy atom. The highest BCUT2D eigenvalue weighted by atomic mass is 16.2. The highest BCUT2D eigenvalue weighted by Crippen LogP contribution is 2.31. The van der Waals surface area contributed by atoms with Crippen LogP contribution in [0.2, 0.25) is 0 Å². The molecule has 4 rings (SSSR count). The van der Waals surface area contributed by atoms with Crippen LogP contribution in [-0.4, -0.2) is 55.3 Å². The number of nitrogens with one attached hydrogen (secondary N) is 1. The van der Waals surface area contributed by atoms with Crippen molar-refractivity contribution in [3.63, 3.8) is 0 Å². The zero-order chi connectivity index (χ0) is 22.5. The molecule has 5 nitrogen and oxygen atoms in total. The van der Waals surface area contributed by atoms with Gasteiger partial charge in [-0.15, -0.1) is 0 Å². The Hall–Kier alpha value is -3.44. The molecule has 3 aromatic rings. The molecule has 1 aliphatic rings. The minimum absolute atomic E-state index is 0.0319. The predicted molar refractivity (Wildman–Crippen MR) is 127 cm³/mol. The van der Waals surface area contributed by atoms with Crippen molar-refractivity contribution in [2.24, 2.45) is 0 Å². The van der Waals surface area contributed by atoms with E-state index in [1.54, 1.807) is 7.05 Å². The number of hydrogen-bond donors (Lipinski definition) is 1. The van der Waals surface area contributed by atoms with Gasteiger partial charge in [-0.2, -0.15) is 0 Å². The van der Waals surface area contributed by atoms with Gasteiger partial charge in [0.15, 0.2) is 0 Å². The van der Waals surface area contributed by atoms with E-state index < -0.39 is 0 Å². The van der Waals surface area contributed by atoms with Crippen molar-refractivity contribution < 1.29 is 9.59 Å². The van der Waals surface area contributed by atoms with Crippen LogP contribution in [0.25, 0.3) is 0 Å². The Bertz CT molecular complexity index is 1030. The lowest BCUT2D eigenvalue weighted by molar-refractivity contribution is -0.134. The molecule has 1 N–H and O–H groups in total. The fourth-order valence-corrected chi connectivity index (χ4v) is 4.42. The third kappa shape index (κ3) is 4.58. The van der Waals surface area contributed by atoms with Crippen molar-refractivity contribution in [2.45, 2.75) is 12.0 Å². The van der Waals surface area contributed by atoms with Crippen molar-refractivity contribution in [3.8, 4) is 0 Å². The van der Waals surface area contributed by atoms with E-state index in [4.69, 9.17) is 0 Å². The number of carbonyl (C=O) groups is 2. The van der Waals surface area contributed by atoms with Crippen molar-refractivity contribution in [3.05, 3.63) is 107 Å². The van der Waals surface area contributed by atoms with Crippen LogP contribution in [0.4, 0.5) is 0 Å². The first-order valence-corrected chi connectivity index (χ1v) is 11.0. The molecule has 1 heterocycles. The highest BCUT2D eigenvalue weighted by Gasteiger charge is 2.33. The maximum Gasteiger partial charge on any atom is 0.251 e. The summed E-state index contributed by atoms with van der Waals surface area (Å²) in [6.45, 7) is 2.04. The standard InChI is InChI=1S/C27H29N3O2/c1-28-26(31)23-15-9-14-22(18-23)24-19-30(17-16-29(24)2)27(32)25(20-10-5-3-6-11-20)21-12-7-4-8-13-21/h3-15,18,24-25H,16-17,19H2,1-2H3,(H,28,31)/t24-/m0/s1. The van der Waals surface area contributed by atoms with Gasteiger partial charge in [-0.05, 0) is 35.9 Å².